The van der Waals surface area contributed by atoms with Crippen LogP contribution in [0.1, 0.15) is 0 Å². The second-order valence-corrected chi connectivity index (χ2v) is 3.15. The molecular weight excluding hydrogens is 164 g/mol. The lowest BCUT2D eigenvalue weighted by Crippen LogP contribution is -2.38. The minimum absolute atomic E-state index is 0.213. The molecule has 0 fully saturated rings. The smallest absolute Gasteiger partial charge is 0.106 e. The van der Waals surface area contributed by atoms with Gasteiger partial charge in [0.25, 0.3) is 0 Å². The molecule has 2 unspecified atom stereocenters. The van der Waals surface area contributed by atoms with E-state index < -0.39 is 6.10 Å². The van der Waals surface area contributed by atoms with E-state index in [1.54, 1.807) is 7.11 Å². The summed E-state index contributed by atoms with van der Waals surface area (Å²) >= 11 is 0. The standard InChI is InChI=1S/C11H12O2/c1-13-11-7-9-5-3-2-4-8(9)6-10(11)12/h2-7,10-12H,1H3. The third-order valence-electron chi connectivity index (χ3n) is 2.30. The summed E-state index contributed by atoms with van der Waals surface area (Å²) in [5.41, 5.74) is 0. The molecule has 2 nitrogen and oxygen atoms in total. The van der Waals surface area contributed by atoms with Crippen molar-refractivity contribution in [3.8, 4) is 0 Å². The van der Waals surface area contributed by atoms with Gasteiger partial charge in [0.15, 0.2) is 0 Å². The molecule has 0 saturated heterocycles. The number of methoxy groups -OCH3 is 1. The summed E-state index contributed by atoms with van der Waals surface area (Å²) in [4.78, 5) is 0. The number of aliphatic hydroxyl groups excluding tert-OH is 1. The zero-order chi connectivity index (χ0) is 9.26. The lowest BCUT2D eigenvalue weighted by atomic mass is 10.0. The molecular formula is C11H12O2. The van der Waals surface area contributed by atoms with Crippen LogP contribution in [0.25, 0.3) is 12.2 Å². The summed E-state index contributed by atoms with van der Waals surface area (Å²) < 4.78 is 5.12. The fourth-order valence-corrected chi connectivity index (χ4v) is 1.58. The molecule has 1 aliphatic rings. The average Bonchev–Trinajstić information content (AvgIpc) is 2.17. The van der Waals surface area contributed by atoms with Gasteiger partial charge in [-0.1, -0.05) is 24.3 Å². The largest absolute Gasteiger partial charge is 0.386 e. The first kappa shape index (κ1) is 8.48. The number of fused-ring (bicyclic) bond motifs is 1. The zero-order valence-electron chi connectivity index (χ0n) is 7.47. The highest BCUT2D eigenvalue weighted by molar-refractivity contribution is 5.45. The summed E-state index contributed by atoms with van der Waals surface area (Å²) in [5.74, 6) is 0. The summed E-state index contributed by atoms with van der Waals surface area (Å²) in [6.45, 7) is 0. The molecule has 2 atom stereocenters. The number of rotatable bonds is 1. The second-order valence-electron chi connectivity index (χ2n) is 3.15. The molecule has 0 saturated carbocycles. The Morgan fingerprint density at radius 2 is 1.77 bits per heavy atom. The highest BCUT2D eigenvalue weighted by atomic mass is 16.5. The van der Waals surface area contributed by atoms with Crippen molar-refractivity contribution in [3.63, 3.8) is 0 Å². The topological polar surface area (TPSA) is 29.5 Å². The van der Waals surface area contributed by atoms with Crippen LogP contribution in [0.5, 0.6) is 0 Å². The monoisotopic (exact) mass is 176 g/mol. The highest BCUT2D eigenvalue weighted by Crippen LogP contribution is 2.03. The lowest BCUT2D eigenvalue weighted by Gasteiger charge is -2.18. The van der Waals surface area contributed by atoms with E-state index in [1.165, 1.54) is 0 Å². The number of hydrogen-bond donors (Lipinski definition) is 1. The molecule has 0 heterocycles. The molecule has 1 N–H and O–H groups in total. The van der Waals surface area contributed by atoms with Crippen LogP contribution in [0.3, 0.4) is 0 Å². The van der Waals surface area contributed by atoms with E-state index in [-0.39, 0.29) is 6.10 Å². The predicted molar refractivity (Wildman–Crippen MR) is 51.4 cm³/mol. The normalized spacial score (nSPS) is 25.7. The molecule has 0 bridgehead atoms. The maximum atomic E-state index is 9.60. The average molecular weight is 176 g/mol. The van der Waals surface area contributed by atoms with Crippen molar-refractivity contribution in [3.05, 3.63) is 34.7 Å². The Labute approximate surface area is 76.8 Å². The zero-order valence-corrected chi connectivity index (χ0v) is 7.47. The lowest BCUT2D eigenvalue weighted by molar-refractivity contribution is 0.0592. The molecule has 0 amide bonds. The van der Waals surface area contributed by atoms with Gasteiger partial charge in [-0.2, -0.15) is 0 Å². The molecule has 0 aromatic heterocycles. The molecule has 1 aliphatic carbocycles. The quantitative estimate of drug-likeness (QED) is 0.633. The van der Waals surface area contributed by atoms with Gasteiger partial charge in [-0.05, 0) is 22.6 Å². The molecule has 1 aromatic carbocycles. The molecule has 13 heavy (non-hydrogen) atoms. The third kappa shape index (κ3) is 1.50. The Balaban J connectivity index is 2.59. The Morgan fingerprint density at radius 3 is 2.38 bits per heavy atom. The number of aliphatic hydroxyl groups is 1. The minimum atomic E-state index is -0.528. The van der Waals surface area contributed by atoms with Crippen molar-refractivity contribution in [2.24, 2.45) is 0 Å². The molecule has 68 valence electrons. The Kier molecular flexibility index (Phi) is 2.17. The van der Waals surface area contributed by atoms with E-state index in [0.717, 1.165) is 10.4 Å². The SMILES string of the molecule is COC1C=c2ccccc2=CC1O. The second kappa shape index (κ2) is 3.32. The maximum absolute atomic E-state index is 9.60. The van der Waals surface area contributed by atoms with Gasteiger partial charge in [0.2, 0.25) is 0 Å². The van der Waals surface area contributed by atoms with Crippen LogP contribution in [0, 0.1) is 0 Å². The van der Waals surface area contributed by atoms with Crippen LogP contribution in [0.4, 0.5) is 0 Å². The van der Waals surface area contributed by atoms with Gasteiger partial charge < -0.3 is 9.84 Å². The number of ether oxygens (including phenoxy) is 1. The van der Waals surface area contributed by atoms with Gasteiger partial charge in [0.05, 0.1) is 0 Å². The van der Waals surface area contributed by atoms with Crippen molar-refractivity contribution in [1.82, 2.24) is 0 Å². The summed E-state index contributed by atoms with van der Waals surface area (Å²) in [5, 5.41) is 11.8. The predicted octanol–water partition coefficient (Wildman–Crippen LogP) is -0.363. The van der Waals surface area contributed by atoms with Crippen molar-refractivity contribution in [1.29, 1.82) is 0 Å². The first-order valence-electron chi connectivity index (χ1n) is 4.31. The van der Waals surface area contributed by atoms with Crippen LogP contribution in [-0.4, -0.2) is 24.4 Å². The van der Waals surface area contributed by atoms with E-state index >= 15 is 0 Å². The van der Waals surface area contributed by atoms with Crippen molar-refractivity contribution in [2.75, 3.05) is 7.11 Å². The fourth-order valence-electron chi connectivity index (χ4n) is 1.58. The van der Waals surface area contributed by atoms with Crippen LogP contribution >= 0.6 is 0 Å². The van der Waals surface area contributed by atoms with Crippen LogP contribution in [-0.2, 0) is 4.74 Å². The number of hydrogen-bond acceptors (Lipinski definition) is 2. The van der Waals surface area contributed by atoms with Crippen molar-refractivity contribution in [2.45, 2.75) is 12.2 Å². The van der Waals surface area contributed by atoms with Gasteiger partial charge in [-0.25, -0.2) is 0 Å². The van der Waals surface area contributed by atoms with E-state index in [0.29, 0.717) is 0 Å². The molecule has 0 radical (unpaired) electrons. The Morgan fingerprint density at radius 1 is 1.15 bits per heavy atom. The van der Waals surface area contributed by atoms with Gasteiger partial charge in [0.1, 0.15) is 12.2 Å². The van der Waals surface area contributed by atoms with Gasteiger partial charge >= 0.3 is 0 Å². The van der Waals surface area contributed by atoms with E-state index in [2.05, 4.69) is 0 Å². The summed E-state index contributed by atoms with van der Waals surface area (Å²) in [6, 6.07) is 7.95. The third-order valence-corrected chi connectivity index (χ3v) is 2.30. The van der Waals surface area contributed by atoms with Crippen LogP contribution < -0.4 is 10.4 Å². The van der Waals surface area contributed by atoms with Crippen molar-refractivity contribution < 1.29 is 9.84 Å². The van der Waals surface area contributed by atoms with E-state index in [4.69, 9.17) is 4.74 Å². The highest BCUT2D eigenvalue weighted by Gasteiger charge is 2.15. The van der Waals surface area contributed by atoms with Gasteiger partial charge in [-0.3, -0.25) is 0 Å². The number of benzene rings is 1. The van der Waals surface area contributed by atoms with Crippen LogP contribution in [0.15, 0.2) is 24.3 Å². The Bertz CT molecular complexity index is 408. The molecule has 0 spiro atoms. The summed E-state index contributed by atoms with van der Waals surface area (Å²) in [6.07, 6.45) is 3.03. The first-order valence-corrected chi connectivity index (χ1v) is 4.31. The minimum Gasteiger partial charge on any atom is -0.386 e. The molecule has 1 aromatic rings. The first-order chi connectivity index (χ1) is 6.31. The van der Waals surface area contributed by atoms with E-state index in [9.17, 15) is 5.11 Å². The van der Waals surface area contributed by atoms with Crippen molar-refractivity contribution >= 4 is 12.2 Å². The van der Waals surface area contributed by atoms with E-state index in [1.807, 2.05) is 36.4 Å². The fraction of sp³-hybridized carbons (Fsp3) is 0.273. The summed E-state index contributed by atoms with van der Waals surface area (Å²) in [7, 11) is 1.60. The molecule has 0 aliphatic heterocycles. The maximum Gasteiger partial charge on any atom is 0.106 e. The Hall–Kier alpha value is -1.12. The van der Waals surface area contributed by atoms with Gasteiger partial charge in [-0.15, -0.1) is 0 Å². The van der Waals surface area contributed by atoms with Crippen LogP contribution in [0.2, 0.25) is 0 Å². The molecule has 2 heteroatoms. The van der Waals surface area contributed by atoms with Gasteiger partial charge in [0, 0.05) is 7.11 Å². The molecule has 2 rings (SSSR count).